The molecule has 0 unspecified atom stereocenters. The summed E-state index contributed by atoms with van der Waals surface area (Å²) in [6, 6.07) is 9.44. The molecular weight excluding hydrogens is 278 g/mol. The van der Waals surface area contributed by atoms with Gasteiger partial charge in [0.1, 0.15) is 16.9 Å². The second kappa shape index (κ2) is 4.45. The Morgan fingerprint density at radius 2 is 1.50 bits per heavy atom. The molecule has 0 bridgehead atoms. The highest BCUT2D eigenvalue weighted by atomic mass is 16.4. The first kappa shape index (κ1) is 13.1. The minimum Gasteiger partial charge on any atom is -0.460 e. The average Bonchev–Trinajstić information content (AvgIpc) is 2.82. The van der Waals surface area contributed by atoms with Crippen molar-refractivity contribution in [1.82, 2.24) is 0 Å². The van der Waals surface area contributed by atoms with Crippen LogP contribution in [0.2, 0.25) is 0 Å². The predicted octanol–water partition coefficient (Wildman–Crippen LogP) is 3.77. The van der Waals surface area contributed by atoms with Crippen molar-refractivity contribution in [2.24, 2.45) is 5.73 Å². The van der Waals surface area contributed by atoms with Crippen molar-refractivity contribution in [3.63, 3.8) is 0 Å². The van der Waals surface area contributed by atoms with E-state index >= 15 is 0 Å². The Labute approximate surface area is 126 Å². The van der Waals surface area contributed by atoms with Crippen LogP contribution in [-0.2, 0) is 6.54 Å². The first-order chi connectivity index (χ1) is 10.6. The number of hydrogen-bond acceptors (Lipinski definition) is 4. The van der Waals surface area contributed by atoms with E-state index in [-0.39, 0.29) is 5.63 Å². The molecule has 0 radical (unpaired) electrons. The van der Waals surface area contributed by atoms with Crippen LogP contribution in [0.1, 0.15) is 16.9 Å². The molecule has 2 heterocycles. The molecule has 4 nitrogen and oxygen atoms in total. The largest absolute Gasteiger partial charge is 0.460 e. The normalized spacial score (nSPS) is 11.8. The molecule has 2 aromatic carbocycles. The lowest BCUT2D eigenvalue weighted by Gasteiger charge is -2.05. The molecule has 4 heteroatoms. The van der Waals surface area contributed by atoms with Crippen molar-refractivity contribution in [2.45, 2.75) is 20.4 Å². The maximum atomic E-state index is 11.7. The Morgan fingerprint density at radius 1 is 0.909 bits per heavy atom. The molecule has 2 aromatic heterocycles. The van der Waals surface area contributed by atoms with Crippen LogP contribution in [0.25, 0.3) is 32.7 Å². The highest BCUT2D eigenvalue weighted by Crippen LogP contribution is 2.35. The summed E-state index contributed by atoms with van der Waals surface area (Å²) in [5.74, 6) is 0.829. The third-order valence-corrected chi connectivity index (χ3v) is 4.27. The Kier molecular flexibility index (Phi) is 2.65. The molecule has 0 saturated carbocycles. The number of nitrogens with two attached hydrogens (primary N) is 1. The van der Waals surface area contributed by atoms with Crippen molar-refractivity contribution in [2.75, 3.05) is 0 Å². The maximum Gasteiger partial charge on any atom is 0.336 e. The second-order valence-corrected chi connectivity index (χ2v) is 5.57. The van der Waals surface area contributed by atoms with Gasteiger partial charge in [0.15, 0.2) is 0 Å². The zero-order chi connectivity index (χ0) is 15.4. The minimum absolute atomic E-state index is 0.337. The van der Waals surface area contributed by atoms with Gasteiger partial charge in [-0.1, -0.05) is 12.1 Å². The van der Waals surface area contributed by atoms with Gasteiger partial charge >= 0.3 is 5.63 Å². The third-order valence-electron chi connectivity index (χ3n) is 4.27. The summed E-state index contributed by atoms with van der Waals surface area (Å²) in [6.45, 7) is 4.26. The zero-order valence-electron chi connectivity index (χ0n) is 12.4. The summed E-state index contributed by atoms with van der Waals surface area (Å²) in [5, 5.41) is 3.76. The lowest BCUT2D eigenvalue weighted by molar-refractivity contribution is 0.562. The van der Waals surface area contributed by atoms with Crippen molar-refractivity contribution >= 4 is 32.7 Å². The molecule has 22 heavy (non-hydrogen) atoms. The van der Waals surface area contributed by atoms with Gasteiger partial charge in [-0.05, 0) is 31.5 Å². The molecule has 0 saturated heterocycles. The minimum atomic E-state index is -0.337. The van der Waals surface area contributed by atoms with E-state index in [1.54, 1.807) is 0 Å². The van der Waals surface area contributed by atoms with Crippen molar-refractivity contribution in [3.05, 3.63) is 57.6 Å². The highest BCUT2D eigenvalue weighted by Gasteiger charge is 2.15. The van der Waals surface area contributed by atoms with Crippen LogP contribution < -0.4 is 11.4 Å². The quantitative estimate of drug-likeness (QED) is 0.428. The number of hydrogen-bond donors (Lipinski definition) is 1. The van der Waals surface area contributed by atoms with E-state index in [0.29, 0.717) is 12.1 Å². The van der Waals surface area contributed by atoms with E-state index < -0.39 is 0 Å². The van der Waals surface area contributed by atoms with Gasteiger partial charge in [-0.2, -0.15) is 0 Å². The highest BCUT2D eigenvalue weighted by molar-refractivity contribution is 6.14. The first-order valence-corrected chi connectivity index (χ1v) is 7.18. The molecule has 110 valence electrons. The molecular formula is C18H15NO3. The first-order valence-electron chi connectivity index (χ1n) is 7.18. The van der Waals surface area contributed by atoms with E-state index in [9.17, 15) is 4.79 Å². The van der Waals surface area contributed by atoms with Gasteiger partial charge in [0, 0.05) is 39.7 Å². The van der Waals surface area contributed by atoms with E-state index in [1.165, 1.54) is 6.07 Å². The van der Waals surface area contributed by atoms with Gasteiger partial charge in [0.2, 0.25) is 0 Å². The topological polar surface area (TPSA) is 69.4 Å². The lowest BCUT2D eigenvalue weighted by atomic mass is 10.0. The fourth-order valence-electron chi connectivity index (χ4n) is 3.16. The Morgan fingerprint density at radius 3 is 2.18 bits per heavy atom. The van der Waals surface area contributed by atoms with Gasteiger partial charge in [-0.3, -0.25) is 0 Å². The summed E-state index contributed by atoms with van der Waals surface area (Å²) >= 11 is 0. The van der Waals surface area contributed by atoms with Gasteiger partial charge in [-0.15, -0.1) is 0 Å². The molecule has 0 atom stereocenters. The summed E-state index contributed by atoms with van der Waals surface area (Å²) in [7, 11) is 0. The second-order valence-electron chi connectivity index (χ2n) is 5.57. The van der Waals surface area contributed by atoms with E-state index in [1.807, 2.05) is 38.1 Å². The molecule has 0 spiro atoms. The van der Waals surface area contributed by atoms with Crippen LogP contribution in [0.5, 0.6) is 0 Å². The van der Waals surface area contributed by atoms with E-state index in [4.69, 9.17) is 14.6 Å². The summed E-state index contributed by atoms with van der Waals surface area (Å²) in [6.07, 6.45) is 0. The smallest absolute Gasteiger partial charge is 0.336 e. The Balaban J connectivity index is 2.25. The van der Waals surface area contributed by atoms with E-state index in [2.05, 4.69) is 0 Å². The van der Waals surface area contributed by atoms with Crippen LogP contribution in [0, 0.1) is 13.8 Å². The van der Waals surface area contributed by atoms with Crippen LogP contribution in [-0.4, -0.2) is 0 Å². The van der Waals surface area contributed by atoms with E-state index in [0.717, 1.165) is 44.0 Å². The molecule has 0 aliphatic carbocycles. The fraction of sp³-hybridized carbons (Fsp3) is 0.167. The number of furan rings is 1. The summed E-state index contributed by atoms with van der Waals surface area (Å²) < 4.78 is 11.4. The van der Waals surface area contributed by atoms with Crippen molar-refractivity contribution < 1.29 is 8.83 Å². The third kappa shape index (κ3) is 1.64. The molecule has 4 rings (SSSR count). The fourth-order valence-corrected chi connectivity index (χ4v) is 3.16. The molecule has 4 aromatic rings. The number of aryl methyl sites for hydroxylation is 2. The van der Waals surface area contributed by atoms with Gasteiger partial charge in [0.25, 0.3) is 0 Å². The van der Waals surface area contributed by atoms with Gasteiger partial charge in [-0.25, -0.2) is 4.79 Å². The summed E-state index contributed by atoms with van der Waals surface area (Å²) in [5.41, 5.74) is 8.80. The summed E-state index contributed by atoms with van der Waals surface area (Å²) in [4.78, 5) is 11.7. The maximum absolute atomic E-state index is 11.7. The lowest BCUT2D eigenvalue weighted by Crippen LogP contribution is -1.98. The molecule has 0 amide bonds. The van der Waals surface area contributed by atoms with Crippen LogP contribution >= 0.6 is 0 Å². The van der Waals surface area contributed by atoms with Crippen LogP contribution in [0.3, 0.4) is 0 Å². The Hall–Kier alpha value is -2.59. The molecule has 0 aliphatic rings. The predicted molar refractivity (Wildman–Crippen MR) is 87.1 cm³/mol. The van der Waals surface area contributed by atoms with Gasteiger partial charge < -0.3 is 14.6 Å². The Bertz CT molecular complexity index is 1100. The SMILES string of the molecule is Cc1oc2c(ccc3c2ccc2c(C)cc(=O)oc23)c1CN. The standard InChI is InChI=1S/C18H15NO3/c1-9-7-16(20)22-17-11(9)3-4-13-12(17)5-6-14-15(8-19)10(2)21-18(13)14/h3-7H,8,19H2,1-2H3. The molecule has 0 fully saturated rings. The zero-order valence-corrected chi connectivity index (χ0v) is 12.4. The van der Waals surface area contributed by atoms with Gasteiger partial charge in [0.05, 0.1) is 0 Å². The van der Waals surface area contributed by atoms with Crippen molar-refractivity contribution in [3.8, 4) is 0 Å². The molecule has 0 aliphatic heterocycles. The number of benzene rings is 2. The monoisotopic (exact) mass is 293 g/mol. The number of rotatable bonds is 1. The molecule has 2 N–H and O–H groups in total. The van der Waals surface area contributed by atoms with Crippen LogP contribution in [0.15, 0.2) is 44.0 Å². The average molecular weight is 293 g/mol. The van der Waals surface area contributed by atoms with Crippen molar-refractivity contribution in [1.29, 1.82) is 0 Å². The van der Waals surface area contributed by atoms with Crippen LogP contribution in [0.4, 0.5) is 0 Å². The number of fused-ring (bicyclic) bond motifs is 5.